The number of hydrogen-bond donors (Lipinski definition) is 1. The van der Waals surface area contributed by atoms with E-state index in [4.69, 9.17) is 0 Å². The minimum Gasteiger partial charge on any atom is -0.327 e. The van der Waals surface area contributed by atoms with E-state index in [1.54, 1.807) is 6.92 Å². The van der Waals surface area contributed by atoms with Crippen molar-refractivity contribution in [2.24, 2.45) is 0 Å². The fourth-order valence-corrected chi connectivity index (χ4v) is 3.13. The number of halogens is 1. The van der Waals surface area contributed by atoms with Gasteiger partial charge in [0, 0.05) is 9.77 Å². The number of rotatable bonds is 3. The Labute approximate surface area is 95.8 Å². The van der Waals surface area contributed by atoms with Crippen molar-refractivity contribution < 1.29 is 8.42 Å². The van der Waals surface area contributed by atoms with E-state index in [2.05, 4.69) is 4.98 Å². The molecule has 0 bridgehead atoms. The molecule has 0 amide bonds. The highest BCUT2D eigenvalue weighted by Crippen LogP contribution is 2.10. The molecule has 0 atom stereocenters. The average molecular weight is 327 g/mol. The summed E-state index contributed by atoms with van der Waals surface area (Å²) in [5.74, 6) is 0.0101. The van der Waals surface area contributed by atoms with Crippen molar-refractivity contribution in [2.75, 3.05) is 5.75 Å². The van der Waals surface area contributed by atoms with Crippen LogP contribution in [0.4, 0.5) is 0 Å². The number of aromatic nitrogens is 1. The van der Waals surface area contributed by atoms with Gasteiger partial charge in [-0.15, -0.1) is 0 Å². The predicted octanol–water partition coefficient (Wildman–Crippen LogP) is 1.16. The van der Waals surface area contributed by atoms with Gasteiger partial charge in [0.1, 0.15) is 4.90 Å². The van der Waals surface area contributed by atoms with Crippen molar-refractivity contribution in [2.45, 2.75) is 18.2 Å². The largest absolute Gasteiger partial charge is 0.327 e. The molecule has 0 aliphatic heterocycles. The highest BCUT2D eigenvalue weighted by molar-refractivity contribution is 14.1. The van der Waals surface area contributed by atoms with Gasteiger partial charge >= 0.3 is 0 Å². The van der Waals surface area contributed by atoms with Gasteiger partial charge in [-0.05, 0) is 35.1 Å². The maximum atomic E-state index is 11.6. The molecule has 78 valence electrons. The fourth-order valence-electron chi connectivity index (χ4n) is 1.05. The van der Waals surface area contributed by atoms with Gasteiger partial charge < -0.3 is 4.98 Å². The summed E-state index contributed by atoms with van der Waals surface area (Å²) in [7, 11) is -3.41. The first-order valence-electron chi connectivity index (χ1n) is 4.08. The molecule has 14 heavy (non-hydrogen) atoms. The van der Waals surface area contributed by atoms with Crippen molar-refractivity contribution in [3.05, 3.63) is 26.2 Å². The molecule has 1 rings (SSSR count). The Morgan fingerprint density at radius 3 is 2.71 bits per heavy atom. The molecule has 1 N–H and O–H groups in total. The lowest BCUT2D eigenvalue weighted by Crippen LogP contribution is -2.19. The summed E-state index contributed by atoms with van der Waals surface area (Å²) < 4.78 is 23.9. The highest BCUT2D eigenvalue weighted by atomic mass is 127. The van der Waals surface area contributed by atoms with Crippen LogP contribution in [0.25, 0.3) is 0 Å². The molecule has 0 saturated heterocycles. The third-order valence-electron chi connectivity index (χ3n) is 1.64. The van der Waals surface area contributed by atoms with Gasteiger partial charge in [-0.25, -0.2) is 8.42 Å². The average Bonchev–Trinajstić information content (AvgIpc) is 2.09. The molecular weight excluding hydrogens is 317 g/mol. The summed E-state index contributed by atoms with van der Waals surface area (Å²) in [5, 5.41) is 0. The number of nitrogens with one attached hydrogen (secondary N) is 1. The van der Waals surface area contributed by atoms with E-state index in [0.717, 1.165) is 0 Å². The number of pyridine rings is 1. The molecule has 0 fully saturated rings. The number of hydrogen-bond acceptors (Lipinski definition) is 3. The molecule has 0 unspecified atom stereocenters. The van der Waals surface area contributed by atoms with E-state index < -0.39 is 15.4 Å². The third kappa shape index (κ3) is 2.57. The Balaban J connectivity index is 3.32. The first-order chi connectivity index (χ1) is 6.47. The second kappa shape index (κ2) is 4.43. The van der Waals surface area contributed by atoms with Crippen molar-refractivity contribution in [1.29, 1.82) is 0 Å². The molecule has 0 spiro atoms. The van der Waals surface area contributed by atoms with Gasteiger partial charge in [-0.1, -0.05) is 6.92 Å². The van der Waals surface area contributed by atoms with Crippen LogP contribution in [0.1, 0.15) is 13.3 Å². The zero-order valence-electron chi connectivity index (χ0n) is 7.58. The normalized spacial score (nSPS) is 11.6. The Morgan fingerprint density at radius 1 is 1.50 bits per heavy atom. The van der Waals surface area contributed by atoms with Crippen LogP contribution in [-0.4, -0.2) is 19.2 Å². The van der Waals surface area contributed by atoms with Crippen molar-refractivity contribution in [3.8, 4) is 0 Å². The molecular formula is C8H10INO3S. The summed E-state index contributed by atoms with van der Waals surface area (Å²) in [4.78, 5) is 13.5. The summed E-state index contributed by atoms with van der Waals surface area (Å²) in [6, 6.07) is 1.39. The van der Waals surface area contributed by atoms with E-state index in [0.29, 0.717) is 9.99 Å². The highest BCUT2D eigenvalue weighted by Gasteiger charge is 2.17. The van der Waals surface area contributed by atoms with Crippen LogP contribution < -0.4 is 5.56 Å². The zero-order chi connectivity index (χ0) is 10.8. The van der Waals surface area contributed by atoms with Gasteiger partial charge in [0.2, 0.25) is 0 Å². The standard InChI is InChI=1S/C8H10INO3S/c1-2-3-14(12,13)7-4-6(9)5-10-8(7)11/h4-5H,2-3H2,1H3,(H,10,11). The summed E-state index contributed by atoms with van der Waals surface area (Å²) >= 11 is 1.96. The van der Waals surface area contributed by atoms with Gasteiger partial charge in [0.05, 0.1) is 5.75 Å². The predicted molar refractivity (Wildman–Crippen MR) is 62.1 cm³/mol. The van der Waals surface area contributed by atoms with Crippen LogP contribution >= 0.6 is 22.6 Å². The summed E-state index contributed by atoms with van der Waals surface area (Å²) in [5.41, 5.74) is -0.543. The third-order valence-corrected chi connectivity index (χ3v) is 4.18. The molecule has 0 aliphatic rings. The van der Waals surface area contributed by atoms with E-state index in [-0.39, 0.29) is 10.6 Å². The smallest absolute Gasteiger partial charge is 0.266 e. The Hall–Kier alpha value is -0.370. The fraction of sp³-hybridized carbons (Fsp3) is 0.375. The molecule has 0 radical (unpaired) electrons. The molecule has 6 heteroatoms. The van der Waals surface area contributed by atoms with Gasteiger partial charge in [0.15, 0.2) is 9.84 Å². The first kappa shape index (κ1) is 11.7. The van der Waals surface area contributed by atoms with Crippen LogP contribution in [0.5, 0.6) is 0 Å². The number of aromatic amines is 1. The molecule has 0 aliphatic carbocycles. The Morgan fingerprint density at radius 2 is 2.14 bits per heavy atom. The lowest BCUT2D eigenvalue weighted by atomic mass is 10.5. The van der Waals surface area contributed by atoms with Crippen molar-refractivity contribution in [3.63, 3.8) is 0 Å². The monoisotopic (exact) mass is 327 g/mol. The molecule has 1 heterocycles. The molecule has 0 saturated carbocycles. The summed E-state index contributed by atoms with van der Waals surface area (Å²) in [6.07, 6.45) is 1.99. The van der Waals surface area contributed by atoms with Gasteiger partial charge in [0.25, 0.3) is 5.56 Å². The number of H-pyrrole nitrogens is 1. The molecule has 0 aromatic carbocycles. The second-order valence-electron chi connectivity index (χ2n) is 2.83. The van der Waals surface area contributed by atoms with E-state index in [9.17, 15) is 13.2 Å². The lowest BCUT2D eigenvalue weighted by molar-refractivity contribution is 0.593. The quantitative estimate of drug-likeness (QED) is 0.848. The molecule has 1 aromatic rings. The number of sulfone groups is 1. The molecule has 4 nitrogen and oxygen atoms in total. The second-order valence-corrected chi connectivity index (χ2v) is 6.15. The van der Waals surface area contributed by atoms with Crippen molar-refractivity contribution in [1.82, 2.24) is 4.98 Å². The van der Waals surface area contributed by atoms with Gasteiger partial charge in [-0.2, -0.15) is 0 Å². The van der Waals surface area contributed by atoms with Gasteiger partial charge in [-0.3, -0.25) is 4.79 Å². The van der Waals surface area contributed by atoms with Crippen LogP contribution in [0.15, 0.2) is 22.0 Å². The van der Waals surface area contributed by atoms with E-state index in [1.165, 1.54) is 12.3 Å². The maximum Gasteiger partial charge on any atom is 0.266 e. The van der Waals surface area contributed by atoms with Crippen LogP contribution in [0.2, 0.25) is 0 Å². The van der Waals surface area contributed by atoms with E-state index >= 15 is 0 Å². The minimum atomic E-state index is -3.41. The SMILES string of the molecule is CCCS(=O)(=O)c1cc(I)c[nH]c1=O. The zero-order valence-corrected chi connectivity index (χ0v) is 10.6. The maximum absolute atomic E-state index is 11.6. The van der Waals surface area contributed by atoms with Crippen LogP contribution in [-0.2, 0) is 9.84 Å². The topological polar surface area (TPSA) is 67.0 Å². The molecule has 1 aromatic heterocycles. The van der Waals surface area contributed by atoms with Crippen LogP contribution in [0, 0.1) is 3.57 Å². The summed E-state index contributed by atoms with van der Waals surface area (Å²) in [6.45, 7) is 1.76. The van der Waals surface area contributed by atoms with Crippen LogP contribution in [0.3, 0.4) is 0 Å². The minimum absolute atomic E-state index is 0.0101. The van der Waals surface area contributed by atoms with E-state index in [1.807, 2.05) is 22.6 Å². The lowest BCUT2D eigenvalue weighted by Gasteiger charge is -2.01. The van der Waals surface area contributed by atoms with Crippen molar-refractivity contribution >= 4 is 32.4 Å². The Bertz CT molecular complexity index is 478. The Kier molecular flexibility index (Phi) is 3.71. The first-order valence-corrected chi connectivity index (χ1v) is 6.81.